The van der Waals surface area contributed by atoms with Crippen molar-refractivity contribution in [3.05, 3.63) is 24.3 Å². The summed E-state index contributed by atoms with van der Waals surface area (Å²) in [4.78, 5) is 0. The fraction of sp³-hybridized carbons (Fsp3) is 0.500. The Labute approximate surface area is 105 Å². The van der Waals surface area contributed by atoms with Gasteiger partial charge >= 0.3 is 13.7 Å². The zero-order chi connectivity index (χ0) is 13.3. The van der Waals surface area contributed by atoms with E-state index in [2.05, 4.69) is 4.74 Å². The van der Waals surface area contributed by atoms with Crippen molar-refractivity contribution in [2.75, 3.05) is 0 Å². The number of hydrogen-bond donors (Lipinski definition) is 0. The fourth-order valence-corrected chi connectivity index (χ4v) is 1.70. The van der Waals surface area contributed by atoms with Crippen molar-refractivity contribution in [3.8, 4) is 5.75 Å². The van der Waals surface area contributed by atoms with Crippen molar-refractivity contribution in [3.63, 3.8) is 0 Å². The zero-order valence-corrected chi connectivity index (χ0v) is 10.5. The Kier molecular flexibility index (Phi) is 3.59. The third-order valence-electron chi connectivity index (χ3n) is 3.09. The van der Waals surface area contributed by atoms with Crippen LogP contribution in [0, 0.1) is 0 Å². The van der Waals surface area contributed by atoms with Gasteiger partial charge in [-0.1, -0.05) is 12.1 Å². The smallest absolute Gasteiger partial charge is 0.435 e. The minimum Gasteiger partial charge on any atom is -0.435 e. The lowest BCUT2D eigenvalue weighted by atomic mass is 9.79. The maximum Gasteiger partial charge on any atom is 0.494 e. The third-order valence-corrected chi connectivity index (χ3v) is 3.09. The van der Waals surface area contributed by atoms with Gasteiger partial charge in [-0.25, -0.2) is 0 Å². The van der Waals surface area contributed by atoms with Crippen LogP contribution in [0.25, 0.3) is 0 Å². The molecule has 0 spiro atoms. The summed E-state index contributed by atoms with van der Waals surface area (Å²) in [6, 6.07) is 6.28. The molecule has 1 heterocycles. The number of benzene rings is 1. The largest absolute Gasteiger partial charge is 0.494 e. The van der Waals surface area contributed by atoms with Gasteiger partial charge in [0.15, 0.2) is 0 Å². The molecule has 1 aliphatic heterocycles. The van der Waals surface area contributed by atoms with Crippen LogP contribution in [-0.2, 0) is 9.31 Å². The van der Waals surface area contributed by atoms with Crippen molar-refractivity contribution in [2.45, 2.75) is 39.1 Å². The van der Waals surface area contributed by atoms with Gasteiger partial charge in [0.1, 0.15) is 5.75 Å². The first kappa shape index (κ1) is 13.3. The summed E-state index contributed by atoms with van der Waals surface area (Å²) in [7, 11) is -0.462. The quantitative estimate of drug-likeness (QED) is 0.776. The molecule has 6 heteroatoms. The molecular weight excluding hydrogens is 241 g/mol. The minimum absolute atomic E-state index is 0.0282. The monoisotopic (exact) mass is 256 g/mol. The average molecular weight is 256 g/mol. The van der Waals surface area contributed by atoms with Crippen LogP contribution in [0.15, 0.2) is 24.3 Å². The van der Waals surface area contributed by atoms with E-state index < -0.39 is 13.7 Å². The number of hydrogen-bond acceptors (Lipinski definition) is 3. The van der Waals surface area contributed by atoms with E-state index in [-0.39, 0.29) is 17.5 Å². The zero-order valence-electron chi connectivity index (χ0n) is 10.5. The van der Waals surface area contributed by atoms with Crippen molar-refractivity contribution in [2.24, 2.45) is 0 Å². The molecule has 0 saturated carbocycles. The van der Waals surface area contributed by atoms with Crippen LogP contribution in [0.5, 0.6) is 5.75 Å². The highest BCUT2D eigenvalue weighted by Crippen LogP contribution is 2.27. The van der Waals surface area contributed by atoms with Gasteiger partial charge in [-0.2, -0.15) is 8.78 Å². The average Bonchev–Trinajstić information content (AvgIpc) is 2.54. The van der Waals surface area contributed by atoms with E-state index in [0.717, 1.165) is 5.46 Å². The summed E-state index contributed by atoms with van der Waals surface area (Å²) in [5, 5.41) is 0. The maximum absolute atomic E-state index is 12.0. The van der Waals surface area contributed by atoms with E-state index in [1.165, 1.54) is 12.1 Å². The first-order chi connectivity index (χ1) is 8.38. The van der Waals surface area contributed by atoms with Crippen molar-refractivity contribution in [1.29, 1.82) is 0 Å². The van der Waals surface area contributed by atoms with Gasteiger partial charge in [0.05, 0.1) is 11.7 Å². The lowest BCUT2D eigenvalue weighted by molar-refractivity contribution is -0.0498. The summed E-state index contributed by atoms with van der Waals surface area (Å²) < 4.78 is 39.7. The van der Waals surface area contributed by atoms with Crippen LogP contribution < -0.4 is 10.2 Å². The van der Waals surface area contributed by atoms with E-state index in [4.69, 9.17) is 9.31 Å². The lowest BCUT2D eigenvalue weighted by Gasteiger charge is -2.21. The third kappa shape index (κ3) is 2.81. The molecule has 0 radical (unpaired) electrons. The molecular formula is C12H15BF2O3. The number of alkyl halides is 2. The van der Waals surface area contributed by atoms with Crippen molar-refractivity contribution in [1.82, 2.24) is 0 Å². The van der Waals surface area contributed by atoms with E-state index in [9.17, 15) is 8.78 Å². The van der Waals surface area contributed by atoms with Gasteiger partial charge in [0.25, 0.3) is 0 Å². The van der Waals surface area contributed by atoms with Gasteiger partial charge in [-0.05, 0) is 38.4 Å². The molecule has 1 atom stereocenters. The Balaban J connectivity index is 2.07. The molecule has 0 unspecified atom stereocenters. The van der Waals surface area contributed by atoms with Crippen LogP contribution in [-0.4, -0.2) is 25.4 Å². The van der Waals surface area contributed by atoms with E-state index in [1.807, 2.05) is 20.8 Å². The van der Waals surface area contributed by atoms with Gasteiger partial charge in [-0.3, -0.25) is 0 Å². The van der Waals surface area contributed by atoms with Crippen LogP contribution in [0.4, 0.5) is 8.78 Å². The van der Waals surface area contributed by atoms with Gasteiger partial charge in [0.2, 0.25) is 0 Å². The summed E-state index contributed by atoms with van der Waals surface area (Å²) in [6.07, 6.45) is -0.0282. The molecule has 0 bridgehead atoms. The molecule has 1 aromatic carbocycles. The second kappa shape index (κ2) is 4.86. The van der Waals surface area contributed by atoms with Crippen molar-refractivity contribution < 1.29 is 22.8 Å². The molecule has 1 saturated heterocycles. The molecule has 1 aromatic rings. The standard InChI is InChI=1S/C12H15BF2O3/c1-8-12(2,3)18-13(17-8)9-4-6-10(7-5-9)16-11(14)15/h4-8,11H,1-3H3/t8-/m0/s1. The summed E-state index contributed by atoms with van der Waals surface area (Å²) in [6.45, 7) is 3.03. The van der Waals surface area contributed by atoms with E-state index >= 15 is 0 Å². The van der Waals surface area contributed by atoms with Gasteiger partial charge in [0, 0.05) is 0 Å². The molecule has 2 rings (SSSR count). The Morgan fingerprint density at radius 2 is 1.89 bits per heavy atom. The maximum atomic E-state index is 12.0. The summed E-state index contributed by atoms with van der Waals surface area (Å²) in [5.41, 5.74) is 0.428. The van der Waals surface area contributed by atoms with Gasteiger partial charge < -0.3 is 14.0 Å². The van der Waals surface area contributed by atoms with E-state index in [0.29, 0.717) is 0 Å². The summed E-state index contributed by atoms with van der Waals surface area (Å²) in [5.74, 6) is 0.124. The number of rotatable bonds is 3. The Hall–Kier alpha value is -1.14. The first-order valence-electron chi connectivity index (χ1n) is 5.76. The van der Waals surface area contributed by atoms with Crippen LogP contribution >= 0.6 is 0 Å². The topological polar surface area (TPSA) is 27.7 Å². The number of ether oxygens (including phenoxy) is 1. The fourth-order valence-electron chi connectivity index (χ4n) is 1.70. The van der Waals surface area contributed by atoms with Crippen molar-refractivity contribution >= 4 is 12.6 Å². The van der Waals surface area contributed by atoms with E-state index in [1.54, 1.807) is 12.1 Å². The number of halogens is 2. The van der Waals surface area contributed by atoms with Crippen LogP contribution in [0.2, 0.25) is 0 Å². The molecule has 98 valence electrons. The Morgan fingerprint density at radius 3 is 2.33 bits per heavy atom. The molecule has 1 fully saturated rings. The highest BCUT2D eigenvalue weighted by Gasteiger charge is 2.43. The second-order valence-electron chi connectivity index (χ2n) is 4.78. The molecule has 0 N–H and O–H groups in total. The van der Waals surface area contributed by atoms with Gasteiger partial charge in [-0.15, -0.1) is 0 Å². The molecule has 0 aromatic heterocycles. The molecule has 3 nitrogen and oxygen atoms in total. The Bertz CT molecular complexity index is 408. The lowest BCUT2D eigenvalue weighted by Crippen LogP contribution is -2.34. The normalized spacial score (nSPS) is 22.6. The molecule has 1 aliphatic rings. The predicted octanol–water partition coefficient (Wildman–Crippen LogP) is 2.20. The van der Waals surface area contributed by atoms with Crippen LogP contribution in [0.3, 0.4) is 0 Å². The highest BCUT2D eigenvalue weighted by molar-refractivity contribution is 6.62. The molecule has 0 aliphatic carbocycles. The first-order valence-corrected chi connectivity index (χ1v) is 5.76. The predicted molar refractivity (Wildman–Crippen MR) is 64.2 cm³/mol. The minimum atomic E-state index is -2.81. The Morgan fingerprint density at radius 1 is 1.28 bits per heavy atom. The summed E-state index contributed by atoms with van der Waals surface area (Å²) >= 11 is 0. The molecule has 18 heavy (non-hydrogen) atoms. The highest BCUT2D eigenvalue weighted by atomic mass is 19.3. The SMILES string of the molecule is C[C@@H]1OB(c2ccc(OC(F)F)cc2)OC1(C)C. The molecule has 0 amide bonds. The van der Waals surface area contributed by atoms with Crippen LogP contribution in [0.1, 0.15) is 20.8 Å². The second-order valence-corrected chi connectivity index (χ2v) is 4.78.